The third kappa shape index (κ3) is 2.33. The van der Waals surface area contributed by atoms with Gasteiger partial charge in [-0.3, -0.25) is 4.79 Å². The van der Waals surface area contributed by atoms with Gasteiger partial charge < -0.3 is 10.1 Å². The van der Waals surface area contributed by atoms with E-state index in [1.54, 1.807) is 0 Å². The van der Waals surface area contributed by atoms with E-state index in [4.69, 9.17) is 4.74 Å². The highest BCUT2D eigenvalue weighted by Crippen LogP contribution is 2.46. The summed E-state index contributed by atoms with van der Waals surface area (Å²) in [5.74, 6) is 0.758. The molecule has 0 aromatic rings. The van der Waals surface area contributed by atoms with Crippen molar-refractivity contribution in [2.45, 2.75) is 37.7 Å². The Bertz CT molecular complexity index is 321. The van der Waals surface area contributed by atoms with Crippen molar-refractivity contribution in [2.24, 2.45) is 0 Å². The van der Waals surface area contributed by atoms with E-state index in [2.05, 4.69) is 17.2 Å². The smallest absolute Gasteiger partial charge is 0.296 e. The minimum atomic E-state index is -3.05. The fourth-order valence-corrected chi connectivity index (χ4v) is 1.73. The number of hydrogen-bond acceptors (Lipinski definition) is 2. The van der Waals surface area contributed by atoms with E-state index in [0.29, 0.717) is 12.8 Å². The van der Waals surface area contributed by atoms with E-state index >= 15 is 0 Å². The summed E-state index contributed by atoms with van der Waals surface area (Å²) in [5.41, 5.74) is -1.40. The standard InChI is InChI=1S/C11H15F2NO2/c1-3-5-9(15)14-8-11(12,13)10(16-2)6-4-7-10/h4,6-8H2,1-2H3,(H,14,15). The molecule has 0 saturated heterocycles. The first-order valence-corrected chi connectivity index (χ1v) is 5.11. The average Bonchev–Trinajstić information content (AvgIpc) is 2.14. The SMILES string of the molecule is CC#CC(=O)NCC(F)(F)C1(OC)CCC1. The highest BCUT2D eigenvalue weighted by Gasteiger charge is 2.57. The first kappa shape index (κ1) is 12.9. The van der Waals surface area contributed by atoms with Crippen molar-refractivity contribution in [3.63, 3.8) is 0 Å². The lowest BCUT2D eigenvalue weighted by Gasteiger charge is -2.45. The summed E-state index contributed by atoms with van der Waals surface area (Å²) in [6.07, 6.45) is 1.38. The van der Waals surface area contributed by atoms with Gasteiger partial charge in [0.2, 0.25) is 0 Å². The molecule has 1 saturated carbocycles. The Kier molecular flexibility index (Phi) is 3.87. The van der Waals surface area contributed by atoms with Crippen molar-refractivity contribution in [3.05, 3.63) is 0 Å². The Morgan fingerprint density at radius 2 is 2.19 bits per heavy atom. The largest absolute Gasteiger partial charge is 0.372 e. The van der Waals surface area contributed by atoms with Crippen LogP contribution in [0.4, 0.5) is 8.78 Å². The molecule has 0 radical (unpaired) electrons. The van der Waals surface area contributed by atoms with Gasteiger partial charge in [-0.2, -0.15) is 0 Å². The summed E-state index contributed by atoms with van der Waals surface area (Å²) in [4.78, 5) is 11.0. The van der Waals surface area contributed by atoms with E-state index in [1.807, 2.05) is 0 Å². The molecule has 0 aromatic heterocycles. The Morgan fingerprint density at radius 1 is 1.56 bits per heavy atom. The average molecular weight is 231 g/mol. The van der Waals surface area contributed by atoms with Gasteiger partial charge >= 0.3 is 0 Å². The second-order valence-corrected chi connectivity index (χ2v) is 3.81. The van der Waals surface area contributed by atoms with E-state index < -0.39 is 24.0 Å². The van der Waals surface area contributed by atoms with Crippen molar-refractivity contribution >= 4 is 5.91 Å². The lowest BCUT2D eigenvalue weighted by atomic mass is 9.75. The van der Waals surface area contributed by atoms with Crippen LogP contribution >= 0.6 is 0 Å². The minimum Gasteiger partial charge on any atom is -0.372 e. The lowest BCUT2D eigenvalue weighted by Crippen LogP contribution is -2.59. The molecule has 0 bridgehead atoms. The molecule has 3 nitrogen and oxygen atoms in total. The molecule has 0 unspecified atom stereocenters. The molecule has 0 spiro atoms. The zero-order chi connectivity index (χ0) is 12.2. The van der Waals surface area contributed by atoms with Gasteiger partial charge in [0, 0.05) is 7.11 Å². The normalized spacial score (nSPS) is 18.0. The molecule has 1 rings (SSSR count). The van der Waals surface area contributed by atoms with Crippen molar-refractivity contribution in [1.29, 1.82) is 0 Å². The third-order valence-electron chi connectivity index (χ3n) is 2.93. The molecule has 0 heterocycles. The van der Waals surface area contributed by atoms with Gasteiger partial charge in [-0.1, -0.05) is 5.92 Å². The molecule has 0 atom stereocenters. The van der Waals surface area contributed by atoms with Gasteiger partial charge in [-0.15, -0.1) is 0 Å². The highest BCUT2D eigenvalue weighted by atomic mass is 19.3. The quantitative estimate of drug-likeness (QED) is 0.741. The second-order valence-electron chi connectivity index (χ2n) is 3.81. The van der Waals surface area contributed by atoms with E-state index in [0.717, 1.165) is 6.42 Å². The molecule has 1 aliphatic rings. The van der Waals surface area contributed by atoms with E-state index in [9.17, 15) is 13.6 Å². The maximum atomic E-state index is 13.7. The van der Waals surface area contributed by atoms with Crippen LogP contribution < -0.4 is 5.32 Å². The summed E-state index contributed by atoms with van der Waals surface area (Å²) in [6, 6.07) is 0. The molecule has 1 amide bonds. The number of ether oxygens (including phenoxy) is 1. The van der Waals surface area contributed by atoms with Crippen LogP contribution in [0.1, 0.15) is 26.2 Å². The maximum absolute atomic E-state index is 13.7. The van der Waals surface area contributed by atoms with Gasteiger partial charge in [0.25, 0.3) is 11.8 Å². The van der Waals surface area contributed by atoms with E-state index in [-0.39, 0.29) is 0 Å². The number of alkyl halides is 2. The summed E-state index contributed by atoms with van der Waals surface area (Å²) in [5, 5.41) is 2.09. The lowest BCUT2D eigenvalue weighted by molar-refractivity contribution is -0.228. The molecule has 0 aromatic carbocycles. The van der Waals surface area contributed by atoms with Gasteiger partial charge in [0.15, 0.2) is 0 Å². The van der Waals surface area contributed by atoms with Crippen LogP contribution in [0, 0.1) is 11.8 Å². The number of methoxy groups -OCH3 is 1. The molecule has 90 valence electrons. The number of carbonyl (C=O) groups excluding carboxylic acids is 1. The Morgan fingerprint density at radius 3 is 2.56 bits per heavy atom. The van der Waals surface area contributed by atoms with Crippen LogP contribution in [-0.2, 0) is 9.53 Å². The number of nitrogens with one attached hydrogen (secondary N) is 1. The van der Waals surface area contributed by atoms with Crippen LogP contribution in [0.25, 0.3) is 0 Å². The Labute approximate surface area is 93.5 Å². The van der Waals surface area contributed by atoms with Gasteiger partial charge in [-0.05, 0) is 32.1 Å². The predicted molar refractivity (Wildman–Crippen MR) is 55.0 cm³/mol. The van der Waals surface area contributed by atoms with Crippen LogP contribution in [0.5, 0.6) is 0 Å². The van der Waals surface area contributed by atoms with Crippen molar-refractivity contribution in [1.82, 2.24) is 5.32 Å². The zero-order valence-corrected chi connectivity index (χ0v) is 9.40. The summed E-state index contributed by atoms with van der Waals surface area (Å²) in [7, 11) is 1.28. The van der Waals surface area contributed by atoms with Gasteiger partial charge in [0.05, 0.1) is 6.54 Å². The number of carbonyl (C=O) groups is 1. The number of rotatable bonds is 4. The van der Waals surface area contributed by atoms with Crippen molar-refractivity contribution in [2.75, 3.05) is 13.7 Å². The first-order valence-electron chi connectivity index (χ1n) is 5.11. The van der Waals surface area contributed by atoms with Gasteiger partial charge in [-0.25, -0.2) is 8.78 Å². The van der Waals surface area contributed by atoms with Crippen LogP contribution in [0.2, 0.25) is 0 Å². The minimum absolute atomic E-state index is 0.325. The topological polar surface area (TPSA) is 38.3 Å². The third-order valence-corrected chi connectivity index (χ3v) is 2.93. The monoisotopic (exact) mass is 231 g/mol. The van der Waals surface area contributed by atoms with Gasteiger partial charge in [0.1, 0.15) is 5.60 Å². The summed E-state index contributed by atoms with van der Waals surface area (Å²) >= 11 is 0. The number of halogens is 2. The van der Waals surface area contributed by atoms with Crippen molar-refractivity contribution in [3.8, 4) is 11.8 Å². The van der Waals surface area contributed by atoms with Crippen LogP contribution in [0.15, 0.2) is 0 Å². The van der Waals surface area contributed by atoms with Crippen LogP contribution in [-0.4, -0.2) is 31.1 Å². The van der Waals surface area contributed by atoms with E-state index in [1.165, 1.54) is 14.0 Å². The summed E-state index contributed by atoms with van der Waals surface area (Å²) in [6.45, 7) is 0.745. The molecule has 1 fully saturated rings. The molecule has 16 heavy (non-hydrogen) atoms. The zero-order valence-electron chi connectivity index (χ0n) is 9.40. The second kappa shape index (κ2) is 4.79. The highest BCUT2D eigenvalue weighted by molar-refractivity contribution is 5.93. The molecule has 1 aliphatic carbocycles. The number of hydrogen-bond donors (Lipinski definition) is 1. The van der Waals surface area contributed by atoms with Crippen molar-refractivity contribution < 1.29 is 18.3 Å². The fraction of sp³-hybridized carbons (Fsp3) is 0.727. The predicted octanol–water partition coefficient (Wildman–Crippen LogP) is 1.33. The van der Waals surface area contributed by atoms with Crippen LogP contribution in [0.3, 0.4) is 0 Å². The summed E-state index contributed by atoms with van der Waals surface area (Å²) < 4.78 is 32.4. The maximum Gasteiger partial charge on any atom is 0.296 e. The molecular formula is C11H15F2NO2. The molecular weight excluding hydrogens is 216 g/mol. The first-order chi connectivity index (χ1) is 7.47. The Hall–Kier alpha value is -1.15. The number of amides is 1. The molecule has 0 aliphatic heterocycles. The molecule has 5 heteroatoms. The Balaban J connectivity index is 2.56. The fourth-order valence-electron chi connectivity index (χ4n) is 1.73. The molecule has 1 N–H and O–H groups in total.